The van der Waals surface area contributed by atoms with Crippen molar-refractivity contribution in [3.63, 3.8) is 0 Å². The summed E-state index contributed by atoms with van der Waals surface area (Å²) in [5.74, 6) is 0.951. The smallest absolute Gasteiger partial charge is 0.146 e. The van der Waals surface area contributed by atoms with Crippen LogP contribution in [0.4, 0.5) is 5.69 Å². The van der Waals surface area contributed by atoms with E-state index in [4.69, 9.17) is 18.8 Å². The Morgan fingerprint density at radius 3 is 1.55 bits per heavy atom. The Morgan fingerprint density at radius 1 is 0.333 bits per heavy atom. The summed E-state index contributed by atoms with van der Waals surface area (Å²) in [7, 11) is 0. The predicted molar refractivity (Wildman–Crippen MR) is 420 cm³/mol. The first-order chi connectivity index (χ1) is 49.0. The maximum Gasteiger partial charge on any atom is 0.146 e. The molecule has 22 rings (SSSR count). The van der Waals surface area contributed by atoms with Gasteiger partial charge in [0, 0.05) is 92.2 Å². The second-order valence-corrected chi connectivity index (χ2v) is 26.9. The fourth-order valence-electron chi connectivity index (χ4n) is 15.6. The average Bonchev–Trinajstić information content (AvgIpc) is 1.60. The van der Waals surface area contributed by atoms with Crippen molar-refractivity contribution in [1.29, 1.82) is 0 Å². The van der Waals surface area contributed by atoms with Crippen molar-refractivity contribution in [2.75, 3.05) is 0 Å². The van der Waals surface area contributed by atoms with Crippen molar-refractivity contribution in [2.24, 2.45) is 4.99 Å². The topological polar surface area (TPSA) is 66.3 Å². The number of pyridine rings is 1. The molecule has 18 aromatic rings. The lowest BCUT2D eigenvalue weighted by Gasteiger charge is -2.16. The monoisotopic (exact) mass is 1380 g/mol. The molecule has 3 aliphatic heterocycles. The van der Waals surface area contributed by atoms with Crippen LogP contribution in [0, 0.1) is 3.57 Å². The van der Waals surface area contributed by atoms with Crippen molar-refractivity contribution in [3.8, 4) is 50.7 Å². The van der Waals surface area contributed by atoms with Gasteiger partial charge in [-0.15, -0.1) is 0 Å². The highest BCUT2D eigenvalue weighted by Crippen LogP contribution is 2.46. The van der Waals surface area contributed by atoms with Crippen LogP contribution in [-0.2, 0) is 6.42 Å². The number of allylic oxidation sites excluding steroid dienone is 1. The van der Waals surface area contributed by atoms with Crippen LogP contribution in [0.2, 0.25) is 0 Å². The molecule has 0 fully saturated rings. The van der Waals surface area contributed by atoms with Crippen LogP contribution in [-0.4, -0.2) is 24.4 Å². The molecule has 464 valence electrons. The lowest BCUT2D eigenvalue weighted by Crippen LogP contribution is -2.08. The minimum atomic E-state index is 0.866. The summed E-state index contributed by atoms with van der Waals surface area (Å²) in [4.78, 5) is 9.87. The van der Waals surface area contributed by atoms with Gasteiger partial charge in [0.15, 0.2) is 0 Å². The van der Waals surface area contributed by atoms with Crippen molar-refractivity contribution >= 4 is 155 Å². The van der Waals surface area contributed by atoms with Crippen molar-refractivity contribution in [1.82, 2.24) is 18.7 Å². The summed E-state index contributed by atoms with van der Waals surface area (Å²) in [6.07, 6.45) is 3.22. The van der Waals surface area contributed by atoms with Crippen LogP contribution in [0.1, 0.15) is 16.7 Å². The van der Waals surface area contributed by atoms with Gasteiger partial charge >= 0.3 is 0 Å². The van der Waals surface area contributed by atoms with E-state index in [1.54, 1.807) is 0 Å². The zero-order valence-electron chi connectivity index (χ0n) is 53.3. The van der Waals surface area contributed by atoms with Gasteiger partial charge in [-0.3, -0.25) is 9.56 Å². The minimum absolute atomic E-state index is 0.866. The van der Waals surface area contributed by atoms with Crippen LogP contribution in [0.5, 0.6) is 0 Å². The van der Waals surface area contributed by atoms with E-state index in [9.17, 15) is 0 Å². The first-order valence-corrected chi connectivity index (χ1v) is 34.6. The first-order valence-electron chi connectivity index (χ1n) is 33.5. The third-order valence-electron chi connectivity index (χ3n) is 20.0. The molecule has 8 heteroatoms. The number of halogens is 1. The number of benzene rings is 14. The molecule has 99 heavy (non-hydrogen) atoms. The summed E-state index contributed by atoms with van der Waals surface area (Å²) >= 11 is 2.37. The van der Waals surface area contributed by atoms with Gasteiger partial charge in [-0.05, 0) is 201 Å². The zero-order valence-corrected chi connectivity index (χ0v) is 55.5. The molecular formula is C91H56IN5O2. The summed E-state index contributed by atoms with van der Waals surface area (Å²) < 4.78 is 20.9. The Balaban J connectivity index is 0.000000113. The van der Waals surface area contributed by atoms with Crippen LogP contribution < -0.4 is 0 Å². The summed E-state index contributed by atoms with van der Waals surface area (Å²) in [5, 5.41) is 11.9. The van der Waals surface area contributed by atoms with E-state index in [0.717, 1.165) is 95.5 Å². The molecule has 7 nitrogen and oxygen atoms in total. The second-order valence-electron chi connectivity index (χ2n) is 25.6. The standard InChI is InChI=1S/C45H27N3O.C30H18INO.C16H11N/c1-2-12-30(13-3-1)47-40-19-9-6-15-34(40)35-25-28(21-23-41(35)47)32-16-10-20-43-44(32)37-27-31(22-24-42(37)49-43)48-39-18-8-4-11-29(39)26-36-33-14-5-7-17-38(33)46-45(36)48;31-20-14-16-28-25(18-20)30-22(10-6-12-29(30)33-28)19-13-15-27-24(17-19)23-9-4-5-11-26(23)32(27)21-7-2-1-3-8-21;1-2-6-12-10-16-14(9-11(12)5-1)13-7-3-4-8-15(13)17-16/h1-27H;1-18H;1-9H,10H2. The minimum Gasteiger partial charge on any atom is -0.456 e. The Morgan fingerprint density at radius 2 is 0.869 bits per heavy atom. The Hall–Kier alpha value is -12.4. The SMILES string of the molecule is C1=C2C(=Nc3ccccc32)Cc2ccccc21.Ic1ccc2oc3cccc(-c4ccc5c(c4)c4ccccc4n5-c4ccccc4)c3c2c1.c1ccc(-n2c3ccccc3c3cc(-c4cccc5oc6ccc(-n7c8nc9ccccc9c-8cc8ccccc87)cc6c45)ccc32)cc1. The second kappa shape index (κ2) is 22.9. The molecule has 0 N–H and O–H groups in total. The van der Waals surface area contributed by atoms with E-state index in [1.165, 1.54) is 108 Å². The van der Waals surface area contributed by atoms with Gasteiger partial charge < -0.3 is 18.0 Å². The number of hydrogen-bond donors (Lipinski definition) is 0. The number of aromatic nitrogens is 4. The quantitative estimate of drug-likeness (QED) is 0.161. The third kappa shape index (κ3) is 9.31. The van der Waals surface area contributed by atoms with Gasteiger partial charge in [0.05, 0.1) is 44.5 Å². The molecule has 14 aromatic carbocycles. The molecule has 0 saturated heterocycles. The Bertz CT molecular complexity index is 6720. The maximum absolute atomic E-state index is 6.52. The molecule has 4 aromatic heterocycles. The fourth-order valence-corrected chi connectivity index (χ4v) is 16.1. The number of rotatable bonds is 5. The average molecular weight is 1380 g/mol. The number of furan rings is 2. The molecular weight excluding hydrogens is 1320 g/mol. The van der Waals surface area contributed by atoms with Crippen molar-refractivity contribution < 1.29 is 8.83 Å². The molecule has 4 aliphatic rings. The van der Waals surface area contributed by atoms with Gasteiger partial charge in [0.1, 0.15) is 28.2 Å². The number of nitrogens with zero attached hydrogens (tertiary/aromatic N) is 5. The van der Waals surface area contributed by atoms with Crippen LogP contribution in [0.15, 0.2) is 335 Å². The lowest BCUT2D eigenvalue weighted by molar-refractivity contribution is 0.668. The van der Waals surface area contributed by atoms with E-state index in [1.807, 2.05) is 6.07 Å². The Kier molecular flexibility index (Phi) is 13.2. The molecule has 0 spiro atoms. The van der Waals surface area contributed by atoms with Gasteiger partial charge in [0.25, 0.3) is 0 Å². The Labute approximate surface area is 582 Å². The summed E-state index contributed by atoms with van der Waals surface area (Å²) in [6.45, 7) is 0. The summed E-state index contributed by atoms with van der Waals surface area (Å²) in [5.41, 5.74) is 27.4. The molecule has 0 saturated carbocycles. The first kappa shape index (κ1) is 56.9. The predicted octanol–water partition coefficient (Wildman–Crippen LogP) is 24.8. The third-order valence-corrected chi connectivity index (χ3v) is 20.7. The van der Waals surface area contributed by atoms with Crippen LogP contribution in [0.3, 0.4) is 0 Å². The van der Waals surface area contributed by atoms with E-state index in [2.05, 4.69) is 358 Å². The van der Waals surface area contributed by atoms with Crippen molar-refractivity contribution in [3.05, 3.63) is 342 Å². The normalized spacial score (nSPS) is 12.6. The van der Waals surface area contributed by atoms with Crippen LogP contribution >= 0.6 is 22.6 Å². The highest BCUT2D eigenvalue weighted by molar-refractivity contribution is 14.1. The van der Waals surface area contributed by atoms with Gasteiger partial charge in [0.2, 0.25) is 0 Å². The highest BCUT2D eigenvalue weighted by atomic mass is 127. The molecule has 0 unspecified atom stereocenters. The number of para-hydroxylation sites is 7. The molecule has 0 radical (unpaired) electrons. The molecule has 0 atom stereocenters. The molecule has 0 bridgehead atoms. The largest absolute Gasteiger partial charge is 0.456 e. The van der Waals surface area contributed by atoms with E-state index >= 15 is 0 Å². The molecule has 7 heterocycles. The van der Waals surface area contributed by atoms with Gasteiger partial charge in [-0.2, -0.15) is 0 Å². The van der Waals surface area contributed by atoms with Crippen LogP contribution in [0.25, 0.3) is 172 Å². The van der Waals surface area contributed by atoms with Crippen molar-refractivity contribution in [2.45, 2.75) is 6.42 Å². The zero-order chi connectivity index (χ0) is 65.2. The molecule has 1 aliphatic carbocycles. The molecule has 0 amide bonds. The fraction of sp³-hybridized carbons (Fsp3) is 0.0110. The van der Waals surface area contributed by atoms with E-state index < -0.39 is 0 Å². The summed E-state index contributed by atoms with van der Waals surface area (Å²) in [6, 6.07) is 114. The number of aliphatic imine (C=N–C) groups is 1. The van der Waals surface area contributed by atoms with Gasteiger partial charge in [-0.1, -0.05) is 188 Å². The number of hydrogen-bond acceptors (Lipinski definition) is 4. The van der Waals surface area contributed by atoms with E-state index in [-0.39, 0.29) is 0 Å². The van der Waals surface area contributed by atoms with Gasteiger partial charge in [-0.25, -0.2) is 4.98 Å². The number of fused-ring (bicyclic) bond motifs is 20. The highest BCUT2D eigenvalue weighted by Gasteiger charge is 2.26. The van der Waals surface area contributed by atoms with E-state index in [0.29, 0.717) is 0 Å². The lowest BCUT2D eigenvalue weighted by atomic mass is 9.88. The maximum atomic E-state index is 6.52.